The summed E-state index contributed by atoms with van der Waals surface area (Å²) in [4.78, 5) is 38.5. The molecule has 0 fully saturated rings. The normalized spacial score (nSPS) is 11.5. The molecule has 0 spiro atoms. The molecule has 0 aromatic heterocycles. The molecule has 0 saturated heterocycles. The number of ether oxygens (including phenoxy) is 1. The summed E-state index contributed by atoms with van der Waals surface area (Å²) in [5.74, 6) is -0.465. The second-order valence-electron chi connectivity index (χ2n) is 7.16. The highest BCUT2D eigenvalue weighted by Gasteiger charge is 2.24. The van der Waals surface area contributed by atoms with E-state index in [0.29, 0.717) is 17.0 Å². The first-order valence-corrected chi connectivity index (χ1v) is 9.37. The van der Waals surface area contributed by atoms with Crippen molar-refractivity contribution in [3.05, 3.63) is 60.2 Å². The number of nitrogens with one attached hydrogen (secondary N) is 2. The summed E-state index contributed by atoms with van der Waals surface area (Å²) in [6.45, 7) is 3.50. The molecule has 2 aromatic rings. The van der Waals surface area contributed by atoms with Gasteiger partial charge in [-0.15, -0.1) is 0 Å². The van der Waals surface area contributed by atoms with Gasteiger partial charge < -0.3 is 20.3 Å². The molecule has 0 aliphatic carbocycles. The van der Waals surface area contributed by atoms with Gasteiger partial charge in [-0.1, -0.05) is 38.1 Å². The van der Waals surface area contributed by atoms with Gasteiger partial charge in [0, 0.05) is 25.3 Å². The minimum Gasteiger partial charge on any atom is -0.484 e. The van der Waals surface area contributed by atoms with Crippen LogP contribution in [0.1, 0.15) is 24.2 Å². The van der Waals surface area contributed by atoms with E-state index in [9.17, 15) is 14.4 Å². The van der Waals surface area contributed by atoms with E-state index in [4.69, 9.17) is 4.74 Å². The molecule has 2 N–H and O–H groups in total. The van der Waals surface area contributed by atoms with E-state index in [-0.39, 0.29) is 30.2 Å². The van der Waals surface area contributed by atoms with Crippen LogP contribution in [0, 0.1) is 5.92 Å². The average molecular weight is 397 g/mol. The van der Waals surface area contributed by atoms with Crippen molar-refractivity contribution in [1.29, 1.82) is 0 Å². The van der Waals surface area contributed by atoms with Crippen LogP contribution in [0.4, 0.5) is 5.69 Å². The molecule has 0 aliphatic heterocycles. The van der Waals surface area contributed by atoms with E-state index in [1.54, 1.807) is 50.5 Å². The summed E-state index contributed by atoms with van der Waals surface area (Å²) in [6, 6.07) is 14.9. The smallest absolute Gasteiger partial charge is 0.258 e. The zero-order valence-electron chi connectivity index (χ0n) is 17.1. The van der Waals surface area contributed by atoms with Crippen molar-refractivity contribution in [1.82, 2.24) is 10.2 Å². The van der Waals surface area contributed by atoms with Crippen molar-refractivity contribution in [2.75, 3.05) is 26.0 Å². The number of rotatable bonds is 8. The first kappa shape index (κ1) is 21.9. The summed E-state index contributed by atoms with van der Waals surface area (Å²) in [5, 5.41) is 5.48. The maximum atomic E-state index is 12.7. The van der Waals surface area contributed by atoms with Gasteiger partial charge in [-0.05, 0) is 36.2 Å². The number of hydrogen-bond donors (Lipinski definition) is 2. The lowest BCUT2D eigenvalue weighted by atomic mass is 10.0. The topological polar surface area (TPSA) is 87.7 Å². The first-order chi connectivity index (χ1) is 13.8. The molecule has 0 aliphatic rings. The Hall–Kier alpha value is -3.35. The summed E-state index contributed by atoms with van der Waals surface area (Å²) in [5.41, 5.74) is 0.956. The number of nitrogens with zero attached hydrogens (tertiary/aromatic N) is 1. The molecule has 1 atom stereocenters. The van der Waals surface area contributed by atoms with Gasteiger partial charge in [-0.3, -0.25) is 14.4 Å². The van der Waals surface area contributed by atoms with Gasteiger partial charge in [0.2, 0.25) is 5.91 Å². The SMILES string of the molecule is CC(C)C(NC(=O)COc1ccccc1)C(=O)Nc1cccc(C(=O)N(C)C)c1. The van der Waals surface area contributed by atoms with Crippen LogP contribution in [0.3, 0.4) is 0 Å². The van der Waals surface area contributed by atoms with E-state index in [1.807, 2.05) is 32.0 Å². The highest BCUT2D eigenvalue weighted by molar-refractivity contribution is 5.99. The number of benzene rings is 2. The standard InChI is InChI=1S/C22H27N3O4/c1-15(2)20(24-19(26)14-29-18-11-6-5-7-12-18)21(27)23-17-10-8-9-16(13-17)22(28)25(3)4/h5-13,15,20H,14H2,1-4H3,(H,23,27)(H,24,26). The van der Waals surface area contributed by atoms with E-state index >= 15 is 0 Å². The number of hydrogen-bond acceptors (Lipinski definition) is 4. The van der Waals surface area contributed by atoms with Crippen LogP contribution < -0.4 is 15.4 Å². The lowest BCUT2D eigenvalue weighted by Gasteiger charge is -2.22. The molecule has 0 radical (unpaired) electrons. The van der Waals surface area contributed by atoms with Crippen molar-refractivity contribution < 1.29 is 19.1 Å². The number of para-hydroxylation sites is 1. The summed E-state index contributed by atoms with van der Waals surface area (Å²) in [6.07, 6.45) is 0. The molecule has 2 rings (SSSR count). The minimum atomic E-state index is -0.741. The van der Waals surface area contributed by atoms with Crippen LogP contribution in [0.15, 0.2) is 54.6 Å². The quantitative estimate of drug-likeness (QED) is 0.717. The molecular weight excluding hydrogens is 370 g/mol. The molecule has 0 bridgehead atoms. The van der Waals surface area contributed by atoms with Crippen molar-refractivity contribution in [2.24, 2.45) is 5.92 Å². The Labute approximate surface area is 171 Å². The van der Waals surface area contributed by atoms with E-state index in [1.165, 1.54) is 4.90 Å². The Bertz CT molecular complexity index is 850. The van der Waals surface area contributed by atoms with Crippen LogP contribution >= 0.6 is 0 Å². The highest BCUT2D eigenvalue weighted by atomic mass is 16.5. The molecule has 1 unspecified atom stereocenters. The third kappa shape index (κ3) is 6.64. The third-order valence-electron chi connectivity index (χ3n) is 4.16. The molecule has 0 saturated carbocycles. The Morgan fingerprint density at radius 3 is 2.31 bits per heavy atom. The van der Waals surface area contributed by atoms with E-state index < -0.39 is 6.04 Å². The third-order valence-corrected chi connectivity index (χ3v) is 4.16. The number of carbonyl (C=O) groups excluding carboxylic acids is 3. The Morgan fingerprint density at radius 2 is 1.69 bits per heavy atom. The number of anilines is 1. The molecular formula is C22H27N3O4. The Morgan fingerprint density at radius 1 is 1.00 bits per heavy atom. The van der Waals surface area contributed by atoms with Gasteiger partial charge in [0.1, 0.15) is 11.8 Å². The largest absolute Gasteiger partial charge is 0.484 e. The summed E-state index contributed by atoms with van der Waals surface area (Å²) >= 11 is 0. The zero-order valence-corrected chi connectivity index (χ0v) is 17.1. The first-order valence-electron chi connectivity index (χ1n) is 9.37. The van der Waals surface area contributed by atoms with Gasteiger partial charge in [0.15, 0.2) is 6.61 Å². The summed E-state index contributed by atoms with van der Waals surface area (Å²) in [7, 11) is 3.32. The van der Waals surface area contributed by atoms with Gasteiger partial charge in [-0.25, -0.2) is 0 Å². The van der Waals surface area contributed by atoms with Crippen LogP contribution in [0.25, 0.3) is 0 Å². The fourth-order valence-corrected chi connectivity index (χ4v) is 2.62. The fraction of sp³-hybridized carbons (Fsp3) is 0.318. The molecule has 0 heterocycles. The maximum Gasteiger partial charge on any atom is 0.258 e. The van der Waals surface area contributed by atoms with E-state index in [0.717, 1.165) is 0 Å². The van der Waals surface area contributed by atoms with Gasteiger partial charge in [0.05, 0.1) is 0 Å². The van der Waals surface area contributed by atoms with Crippen molar-refractivity contribution in [3.63, 3.8) is 0 Å². The maximum absolute atomic E-state index is 12.7. The second-order valence-corrected chi connectivity index (χ2v) is 7.16. The number of carbonyl (C=O) groups is 3. The molecule has 7 heteroatoms. The van der Waals surface area contributed by atoms with Crippen LogP contribution in [-0.4, -0.2) is 49.4 Å². The fourth-order valence-electron chi connectivity index (χ4n) is 2.62. The zero-order chi connectivity index (χ0) is 21.4. The molecule has 2 aromatic carbocycles. The Balaban J connectivity index is 1.99. The molecule has 3 amide bonds. The van der Waals surface area contributed by atoms with Gasteiger partial charge in [0.25, 0.3) is 11.8 Å². The average Bonchev–Trinajstić information content (AvgIpc) is 2.70. The lowest BCUT2D eigenvalue weighted by molar-refractivity contribution is -0.128. The van der Waals surface area contributed by atoms with Gasteiger partial charge in [-0.2, -0.15) is 0 Å². The van der Waals surface area contributed by atoms with Crippen molar-refractivity contribution >= 4 is 23.4 Å². The molecule has 7 nitrogen and oxygen atoms in total. The Kier molecular flexibility index (Phi) is 7.77. The van der Waals surface area contributed by atoms with Crippen molar-refractivity contribution in [2.45, 2.75) is 19.9 Å². The highest BCUT2D eigenvalue weighted by Crippen LogP contribution is 2.14. The minimum absolute atomic E-state index is 0.137. The van der Waals surface area contributed by atoms with Crippen molar-refractivity contribution in [3.8, 4) is 5.75 Å². The lowest BCUT2D eigenvalue weighted by Crippen LogP contribution is -2.48. The predicted octanol–water partition coefficient (Wildman–Crippen LogP) is 2.55. The van der Waals surface area contributed by atoms with Gasteiger partial charge >= 0.3 is 0 Å². The van der Waals surface area contributed by atoms with Crippen LogP contribution in [0.2, 0.25) is 0 Å². The molecule has 29 heavy (non-hydrogen) atoms. The van der Waals surface area contributed by atoms with Crippen LogP contribution in [0.5, 0.6) is 5.75 Å². The monoisotopic (exact) mass is 397 g/mol. The summed E-state index contributed by atoms with van der Waals surface area (Å²) < 4.78 is 5.43. The van der Waals surface area contributed by atoms with Crippen LogP contribution in [-0.2, 0) is 9.59 Å². The second kappa shape index (κ2) is 10.3. The predicted molar refractivity (Wildman–Crippen MR) is 112 cm³/mol. The number of amides is 3. The molecule has 154 valence electrons. The van der Waals surface area contributed by atoms with E-state index in [2.05, 4.69) is 10.6 Å².